The van der Waals surface area contributed by atoms with E-state index in [4.69, 9.17) is 16.3 Å². The minimum Gasteiger partial charge on any atom is -0.507 e. The van der Waals surface area contributed by atoms with Gasteiger partial charge in [0.1, 0.15) is 11.5 Å². The second-order valence-corrected chi connectivity index (χ2v) is 6.53. The normalized spacial score (nSPS) is 12.3. The van der Waals surface area contributed by atoms with Crippen LogP contribution in [0.25, 0.3) is 10.8 Å². The molecule has 6 heteroatoms. The summed E-state index contributed by atoms with van der Waals surface area (Å²) in [5.41, 5.74) is 3.84. The van der Waals surface area contributed by atoms with E-state index >= 15 is 0 Å². The van der Waals surface area contributed by atoms with Crippen LogP contribution in [0.4, 0.5) is 0 Å². The molecule has 1 atom stereocenters. The highest BCUT2D eigenvalue weighted by molar-refractivity contribution is 6.31. The number of aryl methyl sites for hydroxylation is 1. The Bertz CT molecular complexity index is 1020. The van der Waals surface area contributed by atoms with Gasteiger partial charge in [0.05, 0.1) is 6.21 Å². The molecule has 0 aliphatic heterocycles. The summed E-state index contributed by atoms with van der Waals surface area (Å²) in [5, 5.41) is 16.5. The Morgan fingerprint density at radius 2 is 2.00 bits per heavy atom. The molecule has 0 heterocycles. The molecule has 0 radical (unpaired) electrons. The van der Waals surface area contributed by atoms with Crippen LogP contribution < -0.4 is 10.2 Å². The number of nitrogens with zero attached hydrogens (tertiary/aromatic N) is 1. The Hall–Kier alpha value is -3.05. The Labute approximate surface area is 162 Å². The standard InChI is InChI=1S/C21H19ClN2O3/c1-13-11-16(8-9-19(13)22)27-14(2)21(26)24-23-12-18-17-6-4-3-5-15(17)7-10-20(18)25/h3-12,14,25H,1-2H3,(H,24,26)/b23-12+/t14-/m0/s1. The highest BCUT2D eigenvalue weighted by Crippen LogP contribution is 2.25. The monoisotopic (exact) mass is 382 g/mol. The van der Waals surface area contributed by atoms with Crippen molar-refractivity contribution >= 4 is 34.5 Å². The molecule has 2 N–H and O–H groups in total. The van der Waals surface area contributed by atoms with E-state index in [0.29, 0.717) is 16.3 Å². The van der Waals surface area contributed by atoms with Crippen molar-refractivity contribution in [2.45, 2.75) is 20.0 Å². The number of carbonyl (C=O) groups excluding carboxylic acids is 1. The maximum absolute atomic E-state index is 12.2. The van der Waals surface area contributed by atoms with Crippen LogP contribution in [-0.4, -0.2) is 23.3 Å². The Morgan fingerprint density at radius 3 is 2.78 bits per heavy atom. The smallest absolute Gasteiger partial charge is 0.280 e. The van der Waals surface area contributed by atoms with Crippen LogP contribution in [-0.2, 0) is 4.79 Å². The van der Waals surface area contributed by atoms with Gasteiger partial charge in [-0.1, -0.05) is 41.9 Å². The first kappa shape index (κ1) is 18.7. The van der Waals surface area contributed by atoms with Crippen molar-refractivity contribution < 1.29 is 14.6 Å². The molecule has 0 saturated heterocycles. The number of halogens is 1. The molecule has 0 aliphatic rings. The first-order valence-corrected chi connectivity index (χ1v) is 8.80. The third-order valence-corrected chi connectivity index (χ3v) is 4.55. The molecule has 3 rings (SSSR count). The predicted molar refractivity (Wildman–Crippen MR) is 108 cm³/mol. The van der Waals surface area contributed by atoms with Gasteiger partial charge in [-0.05, 0) is 54.4 Å². The maximum atomic E-state index is 12.2. The molecule has 1 amide bonds. The van der Waals surface area contributed by atoms with E-state index in [1.165, 1.54) is 6.21 Å². The Kier molecular flexibility index (Phi) is 5.62. The van der Waals surface area contributed by atoms with E-state index in [1.807, 2.05) is 37.3 Å². The molecular weight excluding hydrogens is 364 g/mol. The lowest BCUT2D eigenvalue weighted by Crippen LogP contribution is -2.33. The van der Waals surface area contributed by atoms with Gasteiger partial charge in [0.2, 0.25) is 0 Å². The first-order chi connectivity index (χ1) is 13.0. The molecule has 0 aromatic heterocycles. The number of hydrazone groups is 1. The molecule has 3 aromatic rings. The fraction of sp³-hybridized carbons (Fsp3) is 0.143. The van der Waals surface area contributed by atoms with Crippen molar-refractivity contribution in [2.24, 2.45) is 5.10 Å². The Balaban J connectivity index is 1.68. The maximum Gasteiger partial charge on any atom is 0.280 e. The largest absolute Gasteiger partial charge is 0.507 e. The van der Waals surface area contributed by atoms with Gasteiger partial charge in [-0.15, -0.1) is 0 Å². The first-order valence-electron chi connectivity index (χ1n) is 8.42. The van der Waals surface area contributed by atoms with Crippen LogP contribution in [0.2, 0.25) is 5.02 Å². The number of aromatic hydroxyl groups is 1. The fourth-order valence-electron chi connectivity index (χ4n) is 2.62. The summed E-state index contributed by atoms with van der Waals surface area (Å²) >= 11 is 5.99. The van der Waals surface area contributed by atoms with Crippen LogP contribution in [0.3, 0.4) is 0 Å². The average Bonchev–Trinajstić information content (AvgIpc) is 2.66. The molecule has 5 nitrogen and oxygen atoms in total. The van der Waals surface area contributed by atoms with Crippen molar-refractivity contribution in [1.29, 1.82) is 0 Å². The lowest BCUT2D eigenvalue weighted by molar-refractivity contribution is -0.127. The number of phenols is 1. The van der Waals surface area contributed by atoms with Crippen LogP contribution in [0, 0.1) is 6.92 Å². The van der Waals surface area contributed by atoms with E-state index in [1.54, 1.807) is 31.2 Å². The topological polar surface area (TPSA) is 70.9 Å². The van der Waals surface area contributed by atoms with Crippen molar-refractivity contribution in [3.63, 3.8) is 0 Å². The van der Waals surface area contributed by atoms with Crippen molar-refractivity contribution in [3.05, 3.63) is 70.7 Å². The molecule has 0 aliphatic carbocycles. The summed E-state index contributed by atoms with van der Waals surface area (Å²) < 4.78 is 5.61. The molecule has 0 unspecified atom stereocenters. The van der Waals surface area contributed by atoms with Crippen molar-refractivity contribution in [2.75, 3.05) is 0 Å². The van der Waals surface area contributed by atoms with Crippen LogP contribution in [0.15, 0.2) is 59.7 Å². The third-order valence-electron chi connectivity index (χ3n) is 4.13. The molecule has 0 bridgehead atoms. The molecule has 27 heavy (non-hydrogen) atoms. The molecular formula is C21H19ClN2O3. The number of fused-ring (bicyclic) bond motifs is 1. The third kappa shape index (κ3) is 4.38. The van der Waals surface area contributed by atoms with Crippen LogP contribution in [0.1, 0.15) is 18.1 Å². The van der Waals surface area contributed by atoms with Crippen molar-refractivity contribution in [3.8, 4) is 11.5 Å². The van der Waals surface area contributed by atoms with E-state index in [9.17, 15) is 9.90 Å². The summed E-state index contributed by atoms with van der Waals surface area (Å²) in [6, 6.07) is 16.2. The van der Waals surface area contributed by atoms with E-state index in [2.05, 4.69) is 10.5 Å². The number of phenolic OH excluding ortho intramolecular Hbond substituents is 1. The summed E-state index contributed by atoms with van der Waals surface area (Å²) in [5.74, 6) is 0.237. The average molecular weight is 383 g/mol. The summed E-state index contributed by atoms with van der Waals surface area (Å²) in [7, 11) is 0. The summed E-state index contributed by atoms with van der Waals surface area (Å²) in [6.07, 6.45) is 0.679. The second-order valence-electron chi connectivity index (χ2n) is 6.12. The second kappa shape index (κ2) is 8.10. The van der Waals surface area contributed by atoms with Gasteiger partial charge in [-0.2, -0.15) is 5.10 Å². The lowest BCUT2D eigenvalue weighted by atomic mass is 10.0. The van der Waals surface area contributed by atoms with Gasteiger partial charge in [0.25, 0.3) is 5.91 Å². The molecule has 0 fully saturated rings. The van der Waals surface area contributed by atoms with Gasteiger partial charge in [-0.3, -0.25) is 4.79 Å². The highest BCUT2D eigenvalue weighted by atomic mass is 35.5. The van der Waals surface area contributed by atoms with Crippen molar-refractivity contribution in [1.82, 2.24) is 5.43 Å². The zero-order chi connectivity index (χ0) is 19.4. The fourth-order valence-corrected chi connectivity index (χ4v) is 2.74. The number of carbonyl (C=O) groups is 1. The number of ether oxygens (including phenoxy) is 1. The predicted octanol–water partition coefficient (Wildman–Crippen LogP) is 4.42. The lowest BCUT2D eigenvalue weighted by Gasteiger charge is -2.13. The number of nitrogens with one attached hydrogen (secondary N) is 1. The summed E-state index contributed by atoms with van der Waals surface area (Å²) in [4.78, 5) is 12.2. The number of amides is 1. The minimum absolute atomic E-state index is 0.0904. The zero-order valence-corrected chi connectivity index (χ0v) is 15.7. The van der Waals surface area contributed by atoms with Crippen LogP contribution >= 0.6 is 11.6 Å². The van der Waals surface area contributed by atoms with Gasteiger partial charge in [0, 0.05) is 10.6 Å². The van der Waals surface area contributed by atoms with Gasteiger partial charge >= 0.3 is 0 Å². The number of hydrogen-bond donors (Lipinski definition) is 2. The minimum atomic E-state index is -0.746. The number of hydrogen-bond acceptors (Lipinski definition) is 4. The molecule has 138 valence electrons. The molecule has 0 saturated carbocycles. The van der Waals surface area contributed by atoms with E-state index in [0.717, 1.165) is 16.3 Å². The Morgan fingerprint density at radius 1 is 1.22 bits per heavy atom. The SMILES string of the molecule is Cc1cc(O[C@@H](C)C(=O)N/N=C/c2c(O)ccc3ccccc23)ccc1Cl. The van der Waals surface area contributed by atoms with Crippen LogP contribution in [0.5, 0.6) is 11.5 Å². The van der Waals surface area contributed by atoms with E-state index < -0.39 is 12.0 Å². The quantitative estimate of drug-likeness (QED) is 0.506. The molecule has 3 aromatic carbocycles. The zero-order valence-electron chi connectivity index (χ0n) is 14.9. The van der Waals surface area contributed by atoms with Gasteiger partial charge in [-0.25, -0.2) is 5.43 Å². The van der Waals surface area contributed by atoms with Gasteiger partial charge < -0.3 is 9.84 Å². The van der Waals surface area contributed by atoms with Gasteiger partial charge in [0.15, 0.2) is 6.10 Å². The highest BCUT2D eigenvalue weighted by Gasteiger charge is 2.14. The molecule has 0 spiro atoms. The number of rotatable bonds is 5. The van der Waals surface area contributed by atoms with E-state index in [-0.39, 0.29) is 5.75 Å². The number of benzene rings is 3. The summed E-state index contributed by atoms with van der Waals surface area (Å²) in [6.45, 7) is 3.49.